The van der Waals surface area contributed by atoms with E-state index in [0.717, 1.165) is 28.1 Å². The molecule has 4 rings (SSSR count). The highest BCUT2D eigenvalue weighted by Crippen LogP contribution is 2.31. The van der Waals surface area contributed by atoms with Crippen LogP contribution in [0.4, 0.5) is 11.6 Å². The van der Waals surface area contributed by atoms with Crippen LogP contribution in [0.1, 0.15) is 12.8 Å². The summed E-state index contributed by atoms with van der Waals surface area (Å²) in [5, 5.41) is 3.58. The van der Waals surface area contributed by atoms with E-state index in [-0.39, 0.29) is 17.8 Å². The van der Waals surface area contributed by atoms with E-state index in [1.807, 2.05) is 6.07 Å². The number of aromatic nitrogens is 3. The molecule has 2 heterocycles. The number of amides is 1. The molecule has 1 aromatic carbocycles. The SMILES string of the molecule is CN(C)S(=O)(=O)Nc1ccc(-c2nc(NC(=O)C3CC3)nc3[nH]ccc23)cc1. The summed E-state index contributed by atoms with van der Waals surface area (Å²) in [6, 6.07) is 8.74. The van der Waals surface area contributed by atoms with Gasteiger partial charge in [0.25, 0.3) is 0 Å². The van der Waals surface area contributed by atoms with Crippen molar-refractivity contribution >= 4 is 38.8 Å². The third-order valence-electron chi connectivity index (χ3n) is 4.48. The number of nitrogens with zero attached hydrogens (tertiary/aromatic N) is 3. The van der Waals surface area contributed by atoms with Crippen LogP contribution in [-0.2, 0) is 15.0 Å². The molecule has 0 saturated heterocycles. The van der Waals surface area contributed by atoms with Crippen molar-refractivity contribution in [1.29, 1.82) is 0 Å². The monoisotopic (exact) mass is 400 g/mol. The Hall–Kier alpha value is -2.98. The molecule has 28 heavy (non-hydrogen) atoms. The fourth-order valence-corrected chi connectivity index (χ4v) is 3.33. The second-order valence-electron chi connectivity index (χ2n) is 6.87. The zero-order valence-corrected chi connectivity index (χ0v) is 16.2. The first-order valence-corrected chi connectivity index (χ1v) is 10.2. The van der Waals surface area contributed by atoms with Crippen molar-refractivity contribution in [3.63, 3.8) is 0 Å². The molecule has 0 atom stereocenters. The number of aromatic amines is 1. The first kappa shape index (κ1) is 18.4. The van der Waals surface area contributed by atoms with Gasteiger partial charge in [0, 0.05) is 42.8 Å². The van der Waals surface area contributed by atoms with Gasteiger partial charge in [0.15, 0.2) is 0 Å². The van der Waals surface area contributed by atoms with Crippen molar-refractivity contribution in [2.75, 3.05) is 24.1 Å². The third-order valence-corrected chi connectivity index (χ3v) is 5.94. The fourth-order valence-electron chi connectivity index (χ4n) is 2.71. The van der Waals surface area contributed by atoms with Gasteiger partial charge in [0.2, 0.25) is 11.9 Å². The second kappa shape index (κ2) is 6.88. The largest absolute Gasteiger partial charge is 0.346 e. The van der Waals surface area contributed by atoms with Crippen LogP contribution in [0.2, 0.25) is 0 Å². The number of H-pyrrole nitrogens is 1. The van der Waals surface area contributed by atoms with E-state index in [1.165, 1.54) is 14.1 Å². The van der Waals surface area contributed by atoms with E-state index < -0.39 is 10.2 Å². The van der Waals surface area contributed by atoms with Crippen molar-refractivity contribution in [3.05, 3.63) is 36.5 Å². The molecule has 0 aliphatic heterocycles. The number of nitrogens with one attached hydrogen (secondary N) is 3. The summed E-state index contributed by atoms with van der Waals surface area (Å²) in [4.78, 5) is 24.0. The zero-order chi connectivity index (χ0) is 19.9. The summed E-state index contributed by atoms with van der Waals surface area (Å²) in [5.74, 6) is 0.236. The van der Waals surface area contributed by atoms with E-state index in [1.54, 1.807) is 30.5 Å². The van der Waals surface area contributed by atoms with Crippen molar-refractivity contribution < 1.29 is 13.2 Å². The Balaban J connectivity index is 1.66. The lowest BCUT2D eigenvalue weighted by atomic mass is 10.1. The zero-order valence-electron chi connectivity index (χ0n) is 15.4. The van der Waals surface area contributed by atoms with Crippen molar-refractivity contribution in [2.45, 2.75) is 12.8 Å². The van der Waals surface area contributed by atoms with Crippen LogP contribution in [0.25, 0.3) is 22.3 Å². The number of fused-ring (bicyclic) bond motifs is 1. The Bertz CT molecular complexity index is 1130. The molecular weight excluding hydrogens is 380 g/mol. The molecule has 1 fully saturated rings. The smallest absolute Gasteiger partial charge is 0.301 e. The Morgan fingerprint density at radius 2 is 1.86 bits per heavy atom. The molecule has 2 aromatic heterocycles. The van der Waals surface area contributed by atoms with Crippen molar-refractivity contribution in [3.8, 4) is 11.3 Å². The van der Waals surface area contributed by atoms with Crippen LogP contribution in [0.3, 0.4) is 0 Å². The molecule has 1 aliphatic rings. The van der Waals surface area contributed by atoms with E-state index in [4.69, 9.17) is 0 Å². The predicted molar refractivity (Wildman–Crippen MR) is 107 cm³/mol. The van der Waals surface area contributed by atoms with E-state index in [2.05, 4.69) is 25.0 Å². The lowest BCUT2D eigenvalue weighted by Crippen LogP contribution is -2.28. The molecule has 9 nitrogen and oxygen atoms in total. The highest BCUT2D eigenvalue weighted by atomic mass is 32.2. The molecule has 3 aromatic rings. The van der Waals surface area contributed by atoms with Gasteiger partial charge < -0.3 is 4.98 Å². The Morgan fingerprint density at radius 3 is 2.50 bits per heavy atom. The van der Waals surface area contributed by atoms with Gasteiger partial charge in [-0.15, -0.1) is 0 Å². The van der Waals surface area contributed by atoms with Crippen molar-refractivity contribution in [1.82, 2.24) is 19.3 Å². The minimum atomic E-state index is -3.57. The second-order valence-corrected chi connectivity index (χ2v) is 8.75. The Morgan fingerprint density at radius 1 is 1.14 bits per heavy atom. The molecule has 1 amide bonds. The minimum absolute atomic E-state index is 0.0513. The Kier molecular flexibility index (Phi) is 4.52. The first-order valence-electron chi connectivity index (χ1n) is 8.80. The standard InChI is InChI=1S/C18H20N6O3S/c1-24(2)28(26,27)23-13-7-5-11(6-8-13)15-14-9-10-19-16(14)21-18(20-15)22-17(25)12-3-4-12/h5-10,12,23H,3-4H2,1-2H3,(H2,19,20,21,22,25). The first-order chi connectivity index (χ1) is 13.3. The lowest BCUT2D eigenvalue weighted by Gasteiger charge is -2.13. The number of hydrogen-bond acceptors (Lipinski definition) is 5. The molecular formula is C18H20N6O3S. The third kappa shape index (κ3) is 3.69. The van der Waals surface area contributed by atoms with Gasteiger partial charge in [-0.25, -0.2) is 4.98 Å². The molecule has 0 bridgehead atoms. The number of rotatable bonds is 6. The summed E-state index contributed by atoms with van der Waals surface area (Å²) in [5.41, 5.74) is 2.49. The number of carbonyl (C=O) groups is 1. The Labute approximate surface area is 162 Å². The average Bonchev–Trinajstić information content (AvgIpc) is 3.40. The van der Waals surface area contributed by atoms with Gasteiger partial charge in [0.05, 0.1) is 5.69 Å². The normalized spacial score (nSPS) is 14.4. The molecule has 0 unspecified atom stereocenters. The molecule has 0 spiro atoms. The van der Waals surface area contributed by atoms with Crippen LogP contribution in [0.15, 0.2) is 36.5 Å². The van der Waals surface area contributed by atoms with Crippen LogP contribution < -0.4 is 10.0 Å². The summed E-state index contributed by atoms with van der Waals surface area (Å²) in [6.07, 6.45) is 3.55. The molecule has 0 radical (unpaired) electrons. The molecule has 3 N–H and O–H groups in total. The maximum Gasteiger partial charge on any atom is 0.301 e. The minimum Gasteiger partial charge on any atom is -0.346 e. The van der Waals surface area contributed by atoms with Gasteiger partial charge in [-0.2, -0.15) is 17.7 Å². The lowest BCUT2D eigenvalue weighted by molar-refractivity contribution is -0.117. The molecule has 1 saturated carbocycles. The van der Waals surface area contributed by atoms with Gasteiger partial charge in [-0.1, -0.05) is 12.1 Å². The maximum atomic E-state index is 12.1. The van der Waals surface area contributed by atoms with Gasteiger partial charge in [-0.05, 0) is 31.0 Å². The average molecular weight is 400 g/mol. The summed E-state index contributed by atoms with van der Waals surface area (Å²) < 4.78 is 27.5. The van der Waals surface area contributed by atoms with Crippen LogP contribution in [0.5, 0.6) is 0 Å². The molecule has 1 aliphatic carbocycles. The predicted octanol–water partition coefficient (Wildman–Crippen LogP) is 2.19. The number of anilines is 2. The highest BCUT2D eigenvalue weighted by Gasteiger charge is 2.30. The van der Waals surface area contributed by atoms with E-state index in [9.17, 15) is 13.2 Å². The van der Waals surface area contributed by atoms with E-state index in [0.29, 0.717) is 17.0 Å². The van der Waals surface area contributed by atoms with Crippen molar-refractivity contribution in [2.24, 2.45) is 5.92 Å². The number of benzene rings is 1. The van der Waals surface area contributed by atoms with Crippen LogP contribution in [-0.4, -0.2) is 47.7 Å². The molecule has 146 valence electrons. The van der Waals surface area contributed by atoms with E-state index >= 15 is 0 Å². The number of carbonyl (C=O) groups excluding carboxylic acids is 1. The topological polar surface area (TPSA) is 120 Å². The molecule has 10 heteroatoms. The highest BCUT2D eigenvalue weighted by molar-refractivity contribution is 7.90. The summed E-state index contributed by atoms with van der Waals surface area (Å²) >= 11 is 0. The van der Waals surface area contributed by atoms with Gasteiger partial charge >= 0.3 is 10.2 Å². The fraction of sp³-hybridized carbons (Fsp3) is 0.278. The summed E-state index contributed by atoms with van der Waals surface area (Å²) in [6.45, 7) is 0. The maximum absolute atomic E-state index is 12.1. The van der Waals surface area contributed by atoms with Crippen LogP contribution >= 0.6 is 0 Å². The number of hydrogen-bond donors (Lipinski definition) is 3. The van der Waals surface area contributed by atoms with Crippen LogP contribution in [0, 0.1) is 5.92 Å². The quantitative estimate of drug-likeness (QED) is 0.586. The van der Waals surface area contributed by atoms with Gasteiger partial charge in [-0.3, -0.25) is 14.8 Å². The van der Waals surface area contributed by atoms with Gasteiger partial charge in [0.1, 0.15) is 5.65 Å². The summed E-state index contributed by atoms with van der Waals surface area (Å²) in [7, 11) is -0.660.